The fourth-order valence-corrected chi connectivity index (χ4v) is 4.60. The molecule has 1 aliphatic carbocycles. The SMILES string of the molecule is Cc1nc2sccn2c1CNC1CC(C)CCC1C(C)C. The molecule has 4 heteroatoms. The third-order valence-corrected chi connectivity index (χ3v) is 5.87. The number of fused-ring (bicyclic) bond motifs is 1. The van der Waals surface area contributed by atoms with Crippen molar-refractivity contribution in [2.24, 2.45) is 17.8 Å². The maximum absolute atomic E-state index is 4.65. The lowest BCUT2D eigenvalue weighted by Gasteiger charge is -2.38. The minimum atomic E-state index is 0.650. The molecule has 1 N–H and O–H groups in total. The number of aryl methyl sites for hydroxylation is 1. The number of imidazole rings is 1. The van der Waals surface area contributed by atoms with Crippen LogP contribution in [-0.4, -0.2) is 15.4 Å². The van der Waals surface area contributed by atoms with Crippen molar-refractivity contribution in [2.75, 3.05) is 0 Å². The van der Waals surface area contributed by atoms with Crippen molar-refractivity contribution < 1.29 is 0 Å². The van der Waals surface area contributed by atoms with Crippen LogP contribution < -0.4 is 5.32 Å². The molecule has 3 atom stereocenters. The number of hydrogen-bond donors (Lipinski definition) is 1. The molecule has 1 saturated carbocycles. The van der Waals surface area contributed by atoms with E-state index < -0.39 is 0 Å². The summed E-state index contributed by atoms with van der Waals surface area (Å²) in [5.41, 5.74) is 2.49. The zero-order chi connectivity index (χ0) is 15.0. The largest absolute Gasteiger partial charge is 0.308 e. The summed E-state index contributed by atoms with van der Waals surface area (Å²) < 4.78 is 2.24. The molecule has 0 spiro atoms. The molecule has 2 heterocycles. The van der Waals surface area contributed by atoms with Gasteiger partial charge in [0.25, 0.3) is 0 Å². The Morgan fingerprint density at radius 3 is 3.00 bits per heavy atom. The fourth-order valence-electron chi connectivity index (χ4n) is 3.82. The lowest BCUT2D eigenvalue weighted by atomic mass is 9.74. The number of nitrogens with one attached hydrogen (secondary N) is 1. The van der Waals surface area contributed by atoms with Gasteiger partial charge in [0.15, 0.2) is 4.96 Å². The fraction of sp³-hybridized carbons (Fsp3) is 0.706. The molecule has 1 aliphatic rings. The summed E-state index contributed by atoms with van der Waals surface area (Å²) in [6.45, 7) is 10.2. The number of aromatic nitrogens is 2. The number of rotatable bonds is 4. The summed E-state index contributed by atoms with van der Waals surface area (Å²) in [5, 5.41) is 5.97. The molecule has 3 unspecified atom stereocenters. The molecule has 0 aromatic carbocycles. The van der Waals surface area contributed by atoms with Crippen LogP contribution in [0.25, 0.3) is 4.96 Å². The molecule has 2 aromatic rings. The van der Waals surface area contributed by atoms with Crippen LogP contribution >= 0.6 is 11.3 Å². The predicted octanol–water partition coefficient (Wildman–Crippen LogP) is 4.25. The molecule has 1 fully saturated rings. The molecule has 0 saturated heterocycles. The molecule has 0 bridgehead atoms. The van der Waals surface area contributed by atoms with E-state index in [0.717, 1.165) is 29.3 Å². The average Bonchev–Trinajstić information content (AvgIpc) is 2.97. The lowest BCUT2D eigenvalue weighted by molar-refractivity contribution is 0.168. The van der Waals surface area contributed by atoms with Gasteiger partial charge in [-0.25, -0.2) is 4.98 Å². The van der Waals surface area contributed by atoms with Gasteiger partial charge in [-0.15, -0.1) is 11.3 Å². The van der Waals surface area contributed by atoms with E-state index in [-0.39, 0.29) is 0 Å². The Balaban J connectivity index is 1.73. The Hall–Kier alpha value is -0.870. The molecular formula is C17H27N3S. The molecule has 21 heavy (non-hydrogen) atoms. The Kier molecular flexibility index (Phi) is 4.36. The van der Waals surface area contributed by atoms with Crippen LogP contribution in [0.4, 0.5) is 0 Å². The van der Waals surface area contributed by atoms with E-state index in [2.05, 4.69) is 54.0 Å². The van der Waals surface area contributed by atoms with Crippen molar-refractivity contribution in [3.63, 3.8) is 0 Å². The Morgan fingerprint density at radius 1 is 1.43 bits per heavy atom. The molecule has 3 nitrogen and oxygen atoms in total. The molecule has 0 radical (unpaired) electrons. The first-order valence-corrected chi connectivity index (χ1v) is 9.08. The zero-order valence-corrected chi connectivity index (χ0v) is 14.4. The first-order chi connectivity index (χ1) is 10.1. The van der Waals surface area contributed by atoms with E-state index in [9.17, 15) is 0 Å². The quantitative estimate of drug-likeness (QED) is 0.915. The van der Waals surface area contributed by atoms with Gasteiger partial charge in [0.1, 0.15) is 0 Å². The summed E-state index contributed by atoms with van der Waals surface area (Å²) in [7, 11) is 0. The van der Waals surface area contributed by atoms with E-state index in [1.165, 1.54) is 30.7 Å². The van der Waals surface area contributed by atoms with E-state index in [1.54, 1.807) is 11.3 Å². The third-order valence-electron chi connectivity index (χ3n) is 5.12. The highest BCUT2D eigenvalue weighted by Crippen LogP contribution is 2.33. The van der Waals surface area contributed by atoms with Gasteiger partial charge in [-0.05, 0) is 37.5 Å². The van der Waals surface area contributed by atoms with Crippen molar-refractivity contribution >= 4 is 16.3 Å². The topological polar surface area (TPSA) is 29.3 Å². The third kappa shape index (κ3) is 3.02. The van der Waals surface area contributed by atoms with Gasteiger partial charge in [0, 0.05) is 24.2 Å². The number of hydrogen-bond acceptors (Lipinski definition) is 3. The van der Waals surface area contributed by atoms with Crippen molar-refractivity contribution in [1.29, 1.82) is 0 Å². The maximum atomic E-state index is 4.65. The van der Waals surface area contributed by atoms with Gasteiger partial charge in [0.2, 0.25) is 0 Å². The van der Waals surface area contributed by atoms with Gasteiger partial charge in [0.05, 0.1) is 11.4 Å². The standard InChI is InChI=1S/C17H27N3S/c1-11(2)14-6-5-12(3)9-15(14)18-10-16-13(4)19-17-20(16)7-8-21-17/h7-8,11-12,14-15,18H,5-6,9-10H2,1-4H3. The van der Waals surface area contributed by atoms with Gasteiger partial charge in [-0.3, -0.25) is 4.40 Å². The van der Waals surface area contributed by atoms with Crippen LogP contribution in [0.2, 0.25) is 0 Å². The highest BCUT2D eigenvalue weighted by atomic mass is 32.1. The van der Waals surface area contributed by atoms with E-state index in [0.29, 0.717) is 6.04 Å². The van der Waals surface area contributed by atoms with Gasteiger partial charge >= 0.3 is 0 Å². The van der Waals surface area contributed by atoms with Crippen LogP contribution in [0.15, 0.2) is 11.6 Å². The first-order valence-electron chi connectivity index (χ1n) is 8.20. The summed E-state index contributed by atoms with van der Waals surface area (Å²) in [6.07, 6.45) is 6.21. The normalized spacial score (nSPS) is 26.8. The summed E-state index contributed by atoms with van der Waals surface area (Å²) >= 11 is 1.71. The van der Waals surface area contributed by atoms with E-state index in [1.807, 2.05) is 0 Å². The van der Waals surface area contributed by atoms with Gasteiger partial charge in [-0.2, -0.15) is 0 Å². The average molecular weight is 305 g/mol. The lowest BCUT2D eigenvalue weighted by Crippen LogP contribution is -2.42. The number of nitrogens with zero attached hydrogens (tertiary/aromatic N) is 2. The van der Waals surface area contributed by atoms with Gasteiger partial charge in [-0.1, -0.05) is 27.2 Å². The van der Waals surface area contributed by atoms with E-state index >= 15 is 0 Å². The van der Waals surface area contributed by atoms with Crippen LogP contribution in [-0.2, 0) is 6.54 Å². The molecular weight excluding hydrogens is 278 g/mol. The second-order valence-corrected chi connectivity index (χ2v) is 7.89. The van der Waals surface area contributed by atoms with Crippen LogP contribution in [0.1, 0.15) is 51.4 Å². The monoisotopic (exact) mass is 305 g/mol. The summed E-state index contributed by atoms with van der Waals surface area (Å²) in [4.78, 5) is 5.76. The van der Waals surface area contributed by atoms with Crippen molar-refractivity contribution in [3.05, 3.63) is 23.0 Å². The maximum Gasteiger partial charge on any atom is 0.194 e. The predicted molar refractivity (Wildman–Crippen MR) is 89.8 cm³/mol. The van der Waals surface area contributed by atoms with Crippen LogP contribution in [0.3, 0.4) is 0 Å². The Morgan fingerprint density at radius 2 is 2.24 bits per heavy atom. The smallest absolute Gasteiger partial charge is 0.194 e. The Bertz CT molecular complexity index is 598. The van der Waals surface area contributed by atoms with Crippen LogP contribution in [0, 0.1) is 24.7 Å². The minimum Gasteiger partial charge on any atom is -0.308 e. The molecule has 0 aliphatic heterocycles. The molecule has 3 rings (SSSR count). The van der Waals surface area contributed by atoms with Crippen molar-refractivity contribution in [3.8, 4) is 0 Å². The Labute approximate surface area is 131 Å². The van der Waals surface area contributed by atoms with Crippen LogP contribution in [0.5, 0.6) is 0 Å². The molecule has 116 valence electrons. The summed E-state index contributed by atoms with van der Waals surface area (Å²) in [5.74, 6) is 2.43. The number of thiazole rings is 1. The van der Waals surface area contributed by atoms with Gasteiger partial charge < -0.3 is 5.32 Å². The highest BCUT2D eigenvalue weighted by molar-refractivity contribution is 7.15. The first kappa shape index (κ1) is 15.0. The molecule has 0 amide bonds. The van der Waals surface area contributed by atoms with Crippen molar-refractivity contribution in [2.45, 2.75) is 59.5 Å². The summed E-state index contributed by atoms with van der Waals surface area (Å²) in [6, 6.07) is 0.650. The minimum absolute atomic E-state index is 0.650. The highest BCUT2D eigenvalue weighted by Gasteiger charge is 2.30. The zero-order valence-electron chi connectivity index (χ0n) is 13.6. The second kappa shape index (κ2) is 6.09. The molecule has 2 aromatic heterocycles. The van der Waals surface area contributed by atoms with Crippen molar-refractivity contribution in [1.82, 2.24) is 14.7 Å². The van der Waals surface area contributed by atoms with E-state index in [4.69, 9.17) is 0 Å². The second-order valence-electron chi connectivity index (χ2n) is 7.01.